The lowest BCUT2D eigenvalue weighted by Gasteiger charge is -2.18. The van der Waals surface area contributed by atoms with E-state index in [4.69, 9.17) is 4.74 Å². The molecule has 0 unspecified atom stereocenters. The fraction of sp³-hybridized carbons (Fsp3) is 0.238. The van der Waals surface area contributed by atoms with Crippen LogP contribution in [0.1, 0.15) is 29.8 Å². The van der Waals surface area contributed by atoms with E-state index in [0.29, 0.717) is 30.1 Å². The summed E-state index contributed by atoms with van der Waals surface area (Å²) in [5.74, 6) is 0.404. The molecule has 142 valence electrons. The Kier molecular flexibility index (Phi) is 7.61. The van der Waals surface area contributed by atoms with Crippen LogP contribution in [0, 0.1) is 0 Å². The van der Waals surface area contributed by atoms with Crippen LogP contribution in [0.25, 0.3) is 6.08 Å². The summed E-state index contributed by atoms with van der Waals surface area (Å²) in [6, 6.07) is 12.5. The van der Waals surface area contributed by atoms with Crippen molar-refractivity contribution in [3.63, 3.8) is 0 Å². The highest BCUT2D eigenvalue weighted by Crippen LogP contribution is 2.24. The van der Waals surface area contributed by atoms with Crippen LogP contribution in [0.2, 0.25) is 0 Å². The molecule has 2 aromatic rings. The van der Waals surface area contributed by atoms with Crippen LogP contribution in [0.5, 0.6) is 5.75 Å². The molecule has 1 N–H and O–H groups in total. The predicted molar refractivity (Wildman–Crippen MR) is 112 cm³/mol. The van der Waals surface area contributed by atoms with Gasteiger partial charge >= 0.3 is 0 Å². The number of amides is 2. The van der Waals surface area contributed by atoms with Crippen molar-refractivity contribution in [2.45, 2.75) is 13.8 Å². The zero-order chi connectivity index (χ0) is 19.8. The first kappa shape index (κ1) is 20.7. The molecule has 27 heavy (non-hydrogen) atoms. The summed E-state index contributed by atoms with van der Waals surface area (Å²) < 4.78 is 6.18. The van der Waals surface area contributed by atoms with E-state index in [2.05, 4.69) is 21.2 Å². The number of hydrogen-bond donors (Lipinski definition) is 1. The van der Waals surface area contributed by atoms with Crippen LogP contribution in [-0.4, -0.2) is 36.9 Å². The highest BCUT2D eigenvalue weighted by molar-refractivity contribution is 9.10. The number of carbonyl (C=O) groups excluding carboxylic acids is 2. The van der Waals surface area contributed by atoms with Gasteiger partial charge < -0.3 is 15.0 Å². The van der Waals surface area contributed by atoms with Crippen LogP contribution in [-0.2, 0) is 4.79 Å². The summed E-state index contributed by atoms with van der Waals surface area (Å²) in [6.07, 6.45) is 3.14. The third-order valence-corrected chi connectivity index (χ3v) is 4.55. The molecule has 0 spiro atoms. The quantitative estimate of drug-likeness (QED) is 0.653. The van der Waals surface area contributed by atoms with Crippen LogP contribution in [0.15, 0.2) is 53.0 Å². The lowest BCUT2D eigenvalue weighted by atomic mass is 10.1. The maximum atomic E-state index is 12.3. The number of rotatable bonds is 7. The second kappa shape index (κ2) is 9.92. The van der Waals surface area contributed by atoms with E-state index in [9.17, 15) is 9.59 Å². The second-order valence-electron chi connectivity index (χ2n) is 5.76. The number of ether oxygens (including phenoxy) is 1. The molecule has 0 saturated heterocycles. The molecule has 0 bridgehead atoms. The van der Waals surface area contributed by atoms with Crippen LogP contribution in [0.4, 0.5) is 5.69 Å². The number of anilines is 1. The van der Waals surface area contributed by atoms with Crippen LogP contribution < -0.4 is 10.1 Å². The smallest absolute Gasteiger partial charge is 0.253 e. The van der Waals surface area contributed by atoms with Crippen LogP contribution >= 0.6 is 15.9 Å². The first-order chi connectivity index (χ1) is 13.0. The maximum absolute atomic E-state index is 12.3. The number of carbonyl (C=O) groups is 2. The van der Waals surface area contributed by atoms with Gasteiger partial charge in [-0.3, -0.25) is 9.59 Å². The molecule has 0 atom stereocenters. The second-order valence-corrected chi connectivity index (χ2v) is 6.68. The number of halogens is 1. The summed E-state index contributed by atoms with van der Waals surface area (Å²) in [5, 5.41) is 2.78. The van der Waals surface area contributed by atoms with Gasteiger partial charge in [-0.05, 0) is 62.4 Å². The Morgan fingerprint density at radius 1 is 1.11 bits per heavy atom. The summed E-state index contributed by atoms with van der Waals surface area (Å²) in [7, 11) is 1.59. The van der Waals surface area contributed by atoms with Gasteiger partial charge in [0, 0.05) is 40.5 Å². The Labute approximate surface area is 168 Å². The minimum absolute atomic E-state index is 0.0143. The number of nitrogens with one attached hydrogen (secondary N) is 1. The summed E-state index contributed by atoms with van der Waals surface area (Å²) in [4.78, 5) is 26.2. The average molecular weight is 431 g/mol. The predicted octanol–water partition coefficient (Wildman–Crippen LogP) is 4.59. The molecule has 0 heterocycles. The summed E-state index contributed by atoms with van der Waals surface area (Å²) in [6.45, 7) is 5.22. The van der Waals surface area contributed by atoms with Crippen molar-refractivity contribution in [1.82, 2.24) is 4.90 Å². The SMILES string of the molecule is CCN(CC)C(=O)c1ccc(NC(=O)/C=C/c2cc(Br)ccc2OC)cc1. The molecular formula is C21H23BrN2O3. The zero-order valence-corrected chi connectivity index (χ0v) is 17.2. The molecule has 0 saturated carbocycles. The fourth-order valence-electron chi connectivity index (χ4n) is 2.57. The van der Waals surface area contributed by atoms with Crippen molar-refractivity contribution >= 4 is 39.5 Å². The number of nitrogens with zero attached hydrogens (tertiary/aromatic N) is 1. The molecule has 5 nitrogen and oxygen atoms in total. The molecular weight excluding hydrogens is 408 g/mol. The highest BCUT2D eigenvalue weighted by atomic mass is 79.9. The highest BCUT2D eigenvalue weighted by Gasteiger charge is 2.12. The van der Waals surface area contributed by atoms with Crippen molar-refractivity contribution in [3.8, 4) is 5.75 Å². The monoisotopic (exact) mass is 430 g/mol. The number of benzene rings is 2. The van der Waals surface area contributed by atoms with Gasteiger partial charge in [0.1, 0.15) is 5.75 Å². The van der Waals surface area contributed by atoms with Gasteiger partial charge in [0.25, 0.3) is 5.91 Å². The van der Waals surface area contributed by atoms with E-state index < -0.39 is 0 Å². The van der Waals surface area contributed by atoms with E-state index in [0.717, 1.165) is 10.0 Å². The maximum Gasteiger partial charge on any atom is 0.253 e. The third-order valence-electron chi connectivity index (χ3n) is 4.06. The standard InChI is InChI=1S/C21H23BrN2O3/c1-4-24(5-2)21(26)15-6-10-18(11-7-15)23-20(25)13-8-16-14-17(22)9-12-19(16)27-3/h6-14H,4-5H2,1-3H3,(H,23,25)/b13-8+. The molecule has 0 aliphatic rings. The molecule has 0 aliphatic heterocycles. The lowest BCUT2D eigenvalue weighted by molar-refractivity contribution is -0.111. The minimum atomic E-state index is -0.264. The van der Waals surface area contributed by atoms with Gasteiger partial charge in [-0.25, -0.2) is 0 Å². The van der Waals surface area contributed by atoms with Crippen molar-refractivity contribution in [1.29, 1.82) is 0 Å². The van der Waals surface area contributed by atoms with Crippen molar-refractivity contribution in [3.05, 3.63) is 64.1 Å². The summed E-state index contributed by atoms with van der Waals surface area (Å²) >= 11 is 3.40. The average Bonchev–Trinajstić information content (AvgIpc) is 2.68. The molecule has 0 radical (unpaired) electrons. The summed E-state index contributed by atoms with van der Waals surface area (Å²) in [5.41, 5.74) is 2.02. The van der Waals surface area contributed by atoms with Crippen molar-refractivity contribution in [2.24, 2.45) is 0 Å². The van der Waals surface area contributed by atoms with E-state index in [1.807, 2.05) is 32.0 Å². The largest absolute Gasteiger partial charge is 0.496 e. The Balaban J connectivity index is 2.04. The van der Waals surface area contributed by atoms with E-state index in [1.54, 1.807) is 42.4 Å². The van der Waals surface area contributed by atoms with Crippen molar-refractivity contribution < 1.29 is 14.3 Å². The number of hydrogen-bond acceptors (Lipinski definition) is 3. The van der Waals surface area contributed by atoms with Gasteiger partial charge in [0.2, 0.25) is 5.91 Å². The molecule has 0 fully saturated rings. The zero-order valence-electron chi connectivity index (χ0n) is 15.7. The molecule has 6 heteroatoms. The first-order valence-corrected chi connectivity index (χ1v) is 9.49. The molecule has 2 amide bonds. The Bertz CT molecular complexity index is 828. The van der Waals surface area contributed by atoms with Crippen LogP contribution in [0.3, 0.4) is 0 Å². The Morgan fingerprint density at radius 2 is 1.78 bits per heavy atom. The Hall–Kier alpha value is -2.60. The van der Waals surface area contributed by atoms with E-state index in [1.165, 1.54) is 6.08 Å². The van der Waals surface area contributed by atoms with Crippen molar-refractivity contribution in [2.75, 3.05) is 25.5 Å². The van der Waals surface area contributed by atoms with Gasteiger partial charge in [-0.1, -0.05) is 15.9 Å². The third kappa shape index (κ3) is 5.69. The molecule has 0 aliphatic carbocycles. The van der Waals surface area contributed by atoms with Gasteiger partial charge in [-0.15, -0.1) is 0 Å². The van der Waals surface area contributed by atoms with E-state index in [-0.39, 0.29) is 11.8 Å². The topological polar surface area (TPSA) is 58.6 Å². The molecule has 2 aromatic carbocycles. The normalized spacial score (nSPS) is 10.7. The molecule has 2 rings (SSSR count). The van der Waals surface area contributed by atoms with Gasteiger partial charge in [0.05, 0.1) is 7.11 Å². The minimum Gasteiger partial charge on any atom is -0.496 e. The Morgan fingerprint density at radius 3 is 2.37 bits per heavy atom. The first-order valence-electron chi connectivity index (χ1n) is 8.70. The fourth-order valence-corrected chi connectivity index (χ4v) is 2.95. The number of methoxy groups -OCH3 is 1. The lowest BCUT2D eigenvalue weighted by Crippen LogP contribution is -2.30. The molecule has 0 aromatic heterocycles. The van der Waals surface area contributed by atoms with Gasteiger partial charge in [0.15, 0.2) is 0 Å². The van der Waals surface area contributed by atoms with E-state index >= 15 is 0 Å². The van der Waals surface area contributed by atoms with Gasteiger partial charge in [-0.2, -0.15) is 0 Å².